The lowest BCUT2D eigenvalue weighted by molar-refractivity contribution is -0.116. The van der Waals surface area contributed by atoms with Gasteiger partial charge in [0.25, 0.3) is 5.56 Å². The Morgan fingerprint density at radius 1 is 1.03 bits per heavy atom. The van der Waals surface area contributed by atoms with Gasteiger partial charge in [0.1, 0.15) is 17.8 Å². The molecule has 158 valence electrons. The second-order valence-corrected chi connectivity index (χ2v) is 7.17. The average Bonchev–Trinajstić information content (AvgIpc) is 3.07. The van der Waals surface area contributed by atoms with Gasteiger partial charge in [-0.25, -0.2) is 9.36 Å². The number of methoxy groups -OCH3 is 1. The van der Waals surface area contributed by atoms with Crippen molar-refractivity contribution in [3.63, 3.8) is 0 Å². The van der Waals surface area contributed by atoms with Crippen molar-refractivity contribution in [2.45, 2.75) is 13.5 Å². The molecule has 8 heteroatoms. The number of carbonyl (C=O) groups is 1. The molecule has 0 fully saturated rings. The van der Waals surface area contributed by atoms with Crippen LogP contribution in [0.1, 0.15) is 5.69 Å². The summed E-state index contributed by atoms with van der Waals surface area (Å²) < 4.78 is 9.41. The Kier molecular flexibility index (Phi) is 5.21. The van der Waals surface area contributed by atoms with Crippen LogP contribution in [0.3, 0.4) is 0 Å². The highest BCUT2D eigenvalue weighted by molar-refractivity contribution is 5.93. The maximum Gasteiger partial charge on any atom is 0.336 e. The zero-order valence-corrected chi connectivity index (χ0v) is 17.5. The van der Waals surface area contributed by atoms with Crippen molar-refractivity contribution in [3.8, 4) is 11.4 Å². The standard InChI is InChI=1S/C23H22N4O4/c1-15-13-18-21(25(15)2)22(29)27(16-9-5-4-6-10-16)23(30)26(18)14-20(28)24-17-11-7-8-12-19(17)31-3/h4-13H,14H2,1-3H3,(H,24,28). The molecule has 31 heavy (non-hydrogen) atoms. The van der Waals surface area contributed by atoms with Crippen LogP contribution in [0.25, 0.3) is 16.7 Å². The van der Waals surface area contributed by atoms with E-state index in [0.717, 1.165) is 10.3 Å². The third-order valence-electron chi connectivity index (χ3n) is 5.27. The van der Waals surface area contributed by atoms with Gasteiger partial charge in [0, 0.05) is 12.7 Å². The van der Waals surface area contributed by atoms with Gasteiger partial charge in [-0.3, -0.25) is 14.2 Å². The summed E-state index contributed by atoms with van der Waals surface area (Å²) in [5.41, 5.74) is 1.50. The number of ether oxygens (including phenoxy) is 1. The molecule has 0 aliphatic heterocycles. The van der Waals surface area contributed by atoms with E-state index in [1.54, 1.807) is 72.3 Å². The van der Waals surface area contributed by atoms with E-state index >= 15 is 0 Å². The normalized spacial score (nSPS) is 10.9. The zero-order valence-electron chi connectivity index (χ0n) is 17.5. The second kappa shape index (κ2) is 7.98. The minimum atomic E-state index is -0.579. The van der Waals surface area contributed by atoms with Crippen LogP contribution < -0.4 is 21.3 Å². The first-order valence-electron chi connectivity index (χ1n) is 9.72. The number of anilines is 1. The summed E-state index contributed by atoms with van der Waals surface area (Å²) in [5.74, 6) is 0.103. The van der Waals surface area contributed by atoms with Gasteiger partial charge >= 0.3 is 5.69 Å². The largest absolute Gasteiger partial charge is 0.495 e. The maximum absolute atomic E-state index is 13.3. The zero-order chi connectivity index (χ0) is 22.1. The number of nitrogens with zero attached hydrogens (tertiary/aromatic N) is 3. The molecule has 0 bridgehead atoms. The molecule has 0 unspecified atom stereocenters. The summed E-state index contributed by atoms with van der Waals surface area (Å²) in [5, 5.41) is 2.78. The van der Waals surface area contributed by atoms with E-state index in [0.29, 0.717) is 28.2 Å². The highest BCUT2D eigenvalue weighted by Crippen LogP contribution is 2.23. The summed E-state index contributed by atoms with van der Waals surface area (Å²) in [6.07, 6.45) is 0. The van der Waals surface area contributed by atoms with Crippen molar-refractivity contribution in [2.75, 3.05) is 12.4 Å². The topological polar surface area (TPSA) is 87.3 Å². The van der Waals surface area contributed by atoms with Gasteiger partial charge in [0.2, 0.25) is 5.91 Å². The molecule has 4 aromatic rings. The van der Waals surface area contributed by atoms with Crippen LogP contribution in [0.2, 0.25) is 0 Å². The van der Waals surface area contributed by atoms with Crippen molar-refractivity contribution >= 4 is 22.6 Å². The number of hydrogen-bond acceptors (Lipinski definition) is 4. The Labute approximate surface area is 177 Å². The van der Waals surface area contributed by atoms with Gasteiger partial charge in [-0.15, -0.1) is 0 Å². The Balaban J connectivity index is 1.86. The number of benzene rings is 2. The molecule has 8 nitrogen and oxygen atoms in total. The second-order valence-electron chi connectivity index (χ2n) is 7.17. The molecule has 0 atom stereocenters. The number of hydrogen-bond donors (Lipinski definition) is 1. The van der Waals surface area contributed by atoms with Crippen molar-refractivity contribution in [1.29, 1.82) is 0 Å². The van der Waals surface area contributed by atoms with Crippen LogP contribution in [0, 0.1) is 6.92 Å². The Morgan fingerprint density at radius 3 is 2.42 bits per heavy atom. The smallest absolute Gasteiger partial charge is 0.336 e. The quantitative estimate of drug-likeness (QED) is 0.539. The minimum Gasteiger partial charge on any atom is -0.495 e. The number of rotatable bonds is 5. The molecular weight excluding hydrogens is 396 g/mol. The molecule has 2 heterocycles. The molecule has 1 amide bonds. The first kappa shape index (κ1) is 20.2. The van der Waals surface area contributed by atoms with Crippen LogP contribution in [-0.4, -0.2) is 26.7 Å². The maximum atomic E-state index is 13.3. The van der Waals surface area contributed by atoms with Crippen LogP contribution in [0.15, 0.2) is 70.3 Å². The summed E-state index contributed by atoms with van der Waals surface area (Å²) in [4.78, 5) is 39.4. The van der Waals surface area contributed by atoms with E-state index in [4.69, 9.17) is 4.74 Å². The van der Waals surface area contributed by atoms with E-state index in [1.807, 2.05) is 6.92 Å². The van der Waals surface area contributed by atoms with Gasteiger partial charge in [-0.2, -0.15) is 0 Å². The lowest BCUT2D eigenvalue weighted by Crippen LogP contribution is -2.41. The lowest BCUT2D eigenvalue weighted by Gasteiger charge is -2.14. The SMILES string of the molecule is COc1ccccc1NC(=O)Cn1c(=O)n(-c2ccccc2)c(=O)c2c1cc(C)n2C. The Hall–Kier alpha value is -4.07. The van der Waals surface area contributed by atoms with Crippen LogP contribution in [0.4, 0.5) is 5.69 Å². The highest BCUT2D eigenvalue weighted by Gasteiger charge is 2.20. The molecule has 0 saturated heterocycles. The number of nitrogens with one attached hydrogen (secondary N) is 1. The van der Waals surface area contributed by atoms with Gasteiger partial charge < -0.3 is 14.6 Å². The van der Waals surface area contributed by atoms with E-state index in [2.05, 4.69) is 5.32 Å². The molecule has 2 aromatic heterocycles. The van der Waals surface area contributed by atoms with Crippen molar-refractivity contribution in [1.82, 2.24) is 13.7 Å². The number of aromatic nitrogens is 3. The minimum absolute atomic E-state index is 0.260. The Bertz CT molecular complexity index is 1400. The van der Waals surface area contributed by atoms with Gasteiger partial charge in [0.15, 0.2) is 0 Å². The number of fused-ring (bicyclic) bond motifs is 1. The van der Waals surface area contributed by atoms with Crippen LogP contribution in [-0.2, 0) is 18.4 Å². The molecule has 0 spiro atoms. The molecule has 4 rings (SSSR count). The third kappa shape index (κ3) is 3.52. The number of amides is 1. The monoisotopic (exact) mass is 418 g/mol. The molecule has 0 aliphatic carbocycles. The van der Waals surface area contributed by atoms with Crippen molar-refractivity contribution in [2.24, 2.45) is 7.05 Å². The summed E-state index contributed by atoms with van der Waals surface area (Å²) in [6.45, 7) is 1.58. The van der Waals surface area contributed by atoms with E-state index in [1.165, 1.54) is 11.7 Å². The van der Waals surface area contributed by atoms with Gasteiger partial charge in [-0.05, 0) is 37.3 Å². The van der Waals surface area contributed by atoms with E-state index in [-0.39, 0.29) is 6.54 Å². The fraction of sp³-hybridized carbons (Fsp3) is 0.174. The van der Waals surface area contributed by atoms with Gasteiger partial charge in [-0.1, -0.05) is 30.3 Å². The lowest BCUT2D eigenvalue weighted by atomic mass is 10.3. The van der Waals surface area contributed by atoms with Crippen molar-refractivity contribution in [3.05, 3.63) is 87.2 Å². The van der Waals surface area contributed by atoms with Crippen LogP contribution >= 0.6 is 0 Å². The van der Waals surface area contributed by atoms with E-state index < -0.39 is 17.2 Å². The number of aryl methyl sites for hydroxylation is 2. The van der Waals surface area contributed by atoms with Crippen LogP contribution in [0.5, 0.6) is 5.75 Å². The summed E-state index contributed by atoms with van der Waals surface area (Å²) >= 11 is 0. The Morgan fingerprint density at radius 2 is 1.71 bits per heavy atom. The molecule has 2 aromatic carbocycles. The molecule has 1 N–H and O–H groups in total. The average molecular weight is 418 g/mol. The predicted molar refractivity (Wildman–Crippen MR) is 119 cm³/mol. The summed E-state index contributed by atoms with van der Waals surface area (Å²) in [7, 11) is 3.28. The molecule has 0 aliphatic rings. The fourth-order valence-electron chi connectivity index (χ4n) is 3.63. The number of para-hydroxylation sites is 3. The number of carbonyl (C=O) groups excluding carboxylic acids is 1. The highest BCUT2D eigenvalue weighted by atomic mass is 16.5. The molecular formula is C23H22N4O4. The van der Waals surface area contributed by atoms with Crippen molar-refractivity contribution < 1.29 is 9.53 Å². The first-order valence-corrected chi connectivity index (χ1v) is 9.72. The summed E-state index contributed by atoms with van der Waals surface area (Å²) in [6, 6.07) is 17.4. The third-order valence-corrected chi connectivity index (χ3v) is 5.27. The first-order chi connectivity index (χ1) is 14.9. The fourth-order valence-corrected chi connectivity index (χ4v) is 3.63. The van der Waals surface area contributed by atoms with E-state index in [9.17, 15) is 14.4 Å². The molecule has 0 radical (unpaired) electrons. The van der Waals surface area contributed by atoms with Gasteiger partial charge in [0.05, 0.1) is 24.0 Å². The molecule has 0 saturated carbocycles. The predicted octanol–water partition coefficient (Wildman–Crippen LogP) is 2.45.